The molecule has 2 aromatic heterocycles. The van der Waals surface area contributed by atoms with Gasteiger partial charge < -0.3 is 14.6 Å². The molecule has 2 aromatic rings. The molecule has 4 rings (SSSR count). The zero-order valence-electron chi connectivity index (χ0n) is 15.1. The Bertz CT molecular complexity index is 753. The SMILES string of the molecule is CCOC(=O)N1CCC(N2CCc3nc(-c4cccnc4)[nH]c3C2)CC1. The van der Waals surface area contributed by atoms with Crippen molar-refractivity contribution in [2.24, 2.45) is 0 Å². The number of carbonyl (C=O) groups is 1. The minimum absolute atomic E-state index is 0.179. The van der Waals surface area contributed by atoms with Crippen LogP contribution in [0, 0.1) is 0 Å². The summed E-state index contributed by atoms with van der Waals surface area (Å²) in [4.78, 5) is 28.6. The Hall–Kier alpha value is -2.41. The fraction of sp³-hybridized carbons (Fsp3) is 0.526. The highest BCUT2D eigenvalue weighted by molar-refractivity contribution is 5.67. The summed E-state index contributed by atoms with van der Waals surface area (Å²) in [6, 6.07) is 4.47. The molecule has 0 atom stereocenters. The van der Waals surface area contributed by atoms with Crippen LogP contribution in [0.1, 0.15) is 31.2 Å². The molecule has 1 saturated heterocycles. The van der Waals surface area contributed by atoms with Gasteiger partial charge in [0.05, 0.1) is 18.0 Å². The van der Waals surface area contributed by atoms with Gasteiger partial charge in [0.2, 0.25) is 0 Å². The summed E-state index contributed by atoms with van der Waals surface area (Å²) >= 11 is 0. The molecule has 0 aliphatic carbocycles. The number of likely N-dealkylation sites (tertiary alicyclic amines) is 1. The van der Waals surface area contributed by atoms with E-state index in [1.807, 2.05) is 30.2 Å². The Balaban J connectivity index is 1.39. The predicted molar refractivity (Wildman–Crippen MR) is 97.5 cm³/mol. The number of rotatable bonds is 3. The van der Waals surface area contributed by atoms with Gasteiger partial charge in [0, 0.05) is 56.6 Å². The van der Waals surface area contributed by atoms with Crippen molar-refractivity contribution in [2.75, 3.05) is 26.2 Å². The molecule has 4 heterocycles. The van der Waals surface area contributed by atoms with E-state index in [2.05, 4.69) is 14.9 Å². The predicted octanol–water partition coefficient (Wildman–Crippen LogP) is 2.45. The average molecular weight is 355 g/mol. The number of H-pyrrole nitrogens is 1. The number of ether oxygens (including phenoxy) is 1. The first-order valence-electron chi connectivity index (χ1n) is 9.38. The first-order chi connectivity index (χ1) is 12.7. The van der Waals surface area contributed by atoms with E-state index in [-0.39, 0.29) is 6.09 Å². The molecule has 138 valence electrons. The van der Waals surface area contributed by atoms with Gasteiger partial charge in [-0.15, -0.1) is 0 Å². The molecule has 0 spiro atoms. The highest BCUT2D eigenvalue weighted by Crippen LogP contribution is 2.26. The number of fused-ring (bicyclic) bond motifs is 1. The van der Waals surface area contributed by atoms with Crippen molar-refractivity contribution in [3.63, 3.8) is 0 Å². The zero-order chi connectivity index (χ0) is 17.9. The highest BCUT2D eigenvalue weighted by Gasteiger charge is 2.30. The van der Waals surface area contributed by atoms with Crippen molar-refractivity contribution >= 4 is 6.09 Å². The van der Waals surface area contributed by atoms with Crippen LogP contribution < -0.4 is 0 Å². The molecule has 0 saturated carbocycles. The number of piperidine rings is 1. The zero-order valence-corrected chi connectivity index (χ0v) is 15.1. The van der Waals surface area contributed by atoms with Crippen molar-refractivity contribution < 1.29 is 9.53 Å². The quantitative estimate of drug-likeness (QED) is 0.915. The Morgan fingerprint density at radius 2 is 2.19 bits per heavy atom. The third kappa shape index (κ3) is 3.44. The maximum absolute atomic E-state index is 11.9. The lowest BCUT2D eigenvalue weighted by atomic mass is 10.0. The average Bonchev–Trinajstić information content (AvgIpc) is 3.12. The minimum Gasteiger partial charge on any atom is -0.450 e. The van der Waals surface area contributed by atoms with Crippen LogP contribution in [-0.2, 0) is 17.7 Å². The van der Waals surface area contributed by atoms with Crippen LogP contribution in [0.2, 0.25) is 0 Å². The smallest absolute Gasteiger partial charge is 0.409 e. The normalized spacial score (nSPS) is 18.6. The molecular weight excluding hydrogens is 330 g/mol. The molecule has 0 aromatic carbocycles. The van der Waals surface area contributed by atoms with Gasteiger partial charge in [-0.3, -0.25) is 9.88 Å². The van der Waals surface area contributed by atoms with Gasteiger partial charge in [-0.1, -0.05) is 0 Å². The molecule has 1 N–H and O–H groups in total. The van der Waals surface area contributed by atoms with Crippen LogP contribution in [-0.4, -0.2) is 63.1 Å². The second-order valence-electron chi connectivity index (χ2n) is 6.89. The second-order valence-corrected chi connectivity index (χ2v) is 6.89. The van der Waals surface area contributed by atoms with E-state index in [0.717, 1.165) is 56.8 Å². The lowest BCUT2D eigenvalue weighted by Crippen LogP contribution is -2.48. The summed E-state index contributed by atoms with van der Waals surface area (Å²) in [5, 5.41) is 0. The van der Waals surface area contributed by atoms with Gasteiger partial charge in [-0.2, -0.15) is 0 Å². The van der Waals surface area contributed by atoms with Gasteiger partial charge in [-0.05, 0) is 31.9 Å². The monoisotopic (exact) mass is 355 g/mol. The lowest BCUT2D eigenvalue weighted by molar-refractivity contribution is 0.0701. The topological polar surface area (TPSA) is 74.3 Å². The summed E-state index contributed by atoms with van der Waals surface area (Å²) < 4.78 is 5.11. The molecule has 1 amide bonds. The van der Waals surface area contributed by atoms with Gasteiger partial charge in [-0.25, -0.2) is 9.78 Å². The molecule has 1 fully saturated rings. The molecule has 0 radical (unpaired) electrons. The van der Waals surface area contributed by atoms with Crippen LogP contribution in [0.25, 0.3) is 11.4 Å². The van der Waals surface area contributed by atoms with Crippen LogP contribution in [0.5, 0.6) is 0 Å². The van der Waals surface area contributed by atoms with Crippen molar-refractivity contribution in [2.45, 2.75) is 38.8 Å². The van der Waals surface area contributed by atoms with Crippen LogP contribution in [0.15, 0.2) is 24.5 Å². The number of amides is 1. The fourth-order valence-electron chi connectivity index (χ4n) is 3.89. The maximum Gasteiger partial charge on any atom is 0.409 e. The molecule has 2 aliphatic heterocycles. The number of imidazole rings is 1. The number of nitrogens with one attached hydrogen (secondary N) is 1. The fourth-order valence-corrected chi connectivity index (χ4v) is 3.89. The molecule has 0 unspecified atom stereocenters. The first-order valence-corrected chi connectivity index (χ1v) is 9.38. The Morgan fingerprint density at radius 1 is 1.35 bits per heavy atom. The Kier molecular flexibility index (Phi) is 4.88. The van der Waals surface area contributed by atoms with E-state index >= 15 is 0 Å². The van der Waals surface area contributed by atoms with Gasteiger partial charge in [0.25, 0.3) is 0 Å². The Morgan fingerprint density at radius 3 is 2.92 bits per heavy atom. The van der Waals surface area contributed by atoms with E-state index in [0.29, 0.717) is 12.6 Å². The highest BCUT2D eigenvalue weighted by atomic mass is 16.6. The van der Waals surface area contributed by atoms with Crippen LogP contribution >= 0.6 is 0 Å². The molecule has 2 aliphatic rings. The van der Waals surface area contributed by atoms with Crippen LogP contribution in [0.3, 0.4) is 0 Å². The summed E-state index contributed by atoms with van der Waals surface area (Å²) in [5.74, 6) is 0.905. The Labute approximate surface area is 153 Å². The molecular formula is C19H25N5O2. The van der Waals surface area contributed by atoms with Crippen LogP contribution in [0.4, 0.5) is 4.79 Å². The number of pyridine rings is 1. The number of hydrogen-bond donors (Lipinski definition) is 1. The first kappa shape index (κ1) is 17.0. The largest absolute Gasteiger partial charge is 0.450 e. The molecule has 7 heteroatoms. The van der Waals surface area contributed by atoms with Gasteiger partial charge in [0.1, 0.15) is 5.82 Å². The standard InChI is InChI=1S/C19H25N5O2/c1-2-26-19(25)23-9-5-15(6-10-23)24-11-7-16-17(13-24)22-18(21-16)14-4-3-8-20-12-14/h3-4,8,12,15H,2,5-7,9-11,13H2,1H3,(H,21,22). The number of aromatic nitrogens is 3. The second kappa shape index (κ2) is 7.45. The lowest BCUT2D eigenvalue weighted by Gasteiger charge is -2.39. The molecule has 7 nitrogen and oxygen atoms in total. The van der Waals surface area contributed by atoms with Gasteiger partial charge in [0.15, 0.2) is 0 Å². The van der Waals surface area contributed by atoms with Crippen molar-refractivity contribution in [3.8, 4) is 11.4 Å². The van der Waals surface area contributed by atoms with E-state index in [1.165, 1.54) is 11.4 Å². The number of carbonyl (C=O) groups excluding carboxylic acids is 1. The maximum atomic E-state index is 11.9. The van der Waals surface area contributed by atoms with E-state index in [9.17, 15) is 4.79 Å². The summed E-state index contributed by atoms with van der Waals surface area (Å²) in [6.07, 6.45) is 6.39. The van der Waals surface area contributed by atoms with Crippen molar-refractivity contribution in [1.29, 1.82) is 0 Å². The third-order valence-corrected chi connectivity index (χ3v) is 5.30. The van der Waals surface area contributed by atoms with Crippen molar-refractivity contribution in [3.05, 3.63) is 35.9 Å². The summed E-state index contributed by atoms with van der Waals surface area (Å²) in [5.41, 5.74) is 3.41. The third-order valence-electron chi connectivity index (χ3n) is 5.30. The summed E-state index contributed by atoms with van der Waals surface area (Å²) in [7, 11) is 0. The van der Waals surface area contributed by atoms with E-state index in [4.69, 9.17) is 9.72 Å². The summed E-state index contributed by atoms with van der Waals surface area (Å²) in [6.45, 7) is 5.75. The number of aromatic amines is 1. The van der Waals surface area contributed by atoms with E-state index in [1.54, 1.807) is 6.20 Å². The molecule has 26 heavy (non-hydrogen) atoms. The van der Waals surface area contributed by atoms with E-state index < -0.39 is 0 Å². The number of nitrogens with zero attached hydrogens (tertiary/aromatic N) is 4. The van der Waals surface area contributed by atoms with Crippen molar-refractivity contribution in [1.82, 2.24) is 24.8 Å². The minimum atomic E-state index is -0.179. The van der Waals surface area contributed by atoms with Gasteiger partial charge >= 0.3 is 6.09 Å². The number of hydrogen-bond acceptors (Lipinski definition) is 5. The molecule has 0 bridgehead atoms.